The molecule has 1 aromatic rings. The quantitative estimate of drug-likeness (QED) is 0.807. The Morgan fingerprint density at radius 3 is 2.93 bits per heavy atom. The Hall–Kier alpha value is -0.690. The lowest BCUT2D eigenvalue weighted by Crippen LogP contribution is -2.36. The van der Waals surface area contributed by atoms with E-state index in [1.54, 1.807) is 6.92 Å². The third-order valence-electron chi connectivity index (χ3n) is 1.59. The van der Waals surface area contributed by atoms with Crippen molar-refractivity contribution in [3.05, 3.63) is 29.3 Å². The summed E-state index contributed by atoms with van der Waals surface area (Å²) in [6.07, 6.45) is 0. The third-order valence-corrected chi connectivity index (χ3v) is 3.16. The lowest BCUT2D eigenvalue weighted by molar-refractivity contribution is 0.682. The molecule has 0 aliphatic heterocycles. The molecule has 0 radical (unpaired) electrons. The van der Waals surface area contributed by atoms with Crippen molar-refractivity contribution in [1.29, 1.82) is 5.26 Å². The molecule has 2 nitrogen and oxygen atoms in total. The highest BCUT2D eigenvalue weighted by Crippen LogP contribution is 2.23. The Balaban J connectivity index is 2.59. The van der Waals surface area contributed by atoms with E-state index in [2.05, 4.69) is 6.07 Å². The molecule has 0 spiro atoms. The van der Waals surface area contributed by atoms with Crippen molar-refractivity contribution in [2.75, 3.05) is 5.75 Å². The van der Waals surface area contributed by atoms with Gasteiger partial charge in [0.05, 0.1) is 6.07 Å². The van der Waals surface area contributed by atoms with Crippen molar-refractivity contribution in [2.45, 2.75) is 17.4 Å². The van der Waals surface area contributed by atoms with Crippen molar-refractivity contribution >= 4 is 23.4 Å². The number of nitrogens with two attached hydrogens (primary N) is 1. The minimum Gasteiger partial charge on any atom is -0.313 e. The van der Waals surface area contributed by atoms with E-state index in [4.69, 9.17) is 22.6 Å². The van der Waals surface area contributed by atoms with Crippen LogP contribution < -0.4 is 5.73 Å². The van der Waals surface area contributed by atoms with Gasteiger partial charge in [-0.1, -0.05) is 17.7 Å². The molecule has 0 aliphatic carbocycles. The topological polar surface area (TPSA) is 49.8 Å². The van der Waals surface area contributed by atoms with Crippen molar-refractivity contribution in [3.63, 3.8) is 0 Å². The van der Waals surface area contributed by atoms with Crippen molar-refractivity contribution in [2.24, 2.45) is 5.73 Å². The van der Waals surface area contributed by atoms with E-state index in [0.717, 1.165) is 4.90 Å². The fourth-order valence-electron chi connectivity index (χ4n) is 0.822. The van der Waals surface area contributed by atoms with E-state index < -0.39 is 5.54 Å². The number of hydrogen-bond acceptors (Lipinski definition) is 3. The molecule has 1 atom stereocenters. The minimum atomic E-state index is -0.785. The molecule has 0 heterocycles. The second-order valence-corrected chi connectivity index (χ2v) is 4.76. The predicted molar refractivity (Wildman–Crippen MR) is 60.4 cm³/mol. The van der Waals surface area contributed by atoms with Crippen LogP contribution in [0.3, 0.4) is 0 Å². The zero-order valence-electron chi connectivity index (χ0n) is 7.83. The summed E-state index contributed by atoms with van der Waals surface area (Å²) in [6, 6.07) is 9.56. The van der Waals surface area contributed by atoms with Crippen LogP contribution in [0.1, 0.15) is 6.92 Å². The molecule has 0 saturated carbocycles. The SMILES string of the molecule is CC(N)(C#N)CSc1cccc(Cl)c1. The fourth-order valence-corrected chi connectivity index (χ4v) is 1.99. The maximum atomic E-state index is 8.71. The minimum absolute atomic E-state index is 0.559. The van der Waals surface area contributed by atoms with Crippen LogP contribution in [0.4, 0.5) is 0 Å². The summed E-state index contributed by atoms with van der Waals surface area (Å²) in [6.45, 7) is 1.71. The van der Waals surface area contributed by atoms with Crippen molar-refractivity contribution in [1.82, 2.24) is 0 Å². The van der Waals surface area contributed by atoms with Crippen molar-refractivity contribution < 1.29 is 0 Å². The first-order valence-corrected chi connectivity index (χ1v) is 5.48. The standard InChI is InChI=1S/C10H11ClN2S/c1-10(13,6-12)7-14-9-4-2-3-8(11)5-9/h2-5H,7,13H2,1H3. The normalized spacial score (nSPS) is 14.4. The number of nitrogens with zero attached hydrogens (tertiary/aromatic N) is 1. The summed E-state index contributed by atoms with van der Waals surface area (Å²) in [5.41, 5.74) is 4.90. The molecule has 2 N–H and O–H groups in total. The highest BCUT2D eigenvalue weighted by atomic mass is 35.5. The van der Waals surface area contributed by atoms with Crippen molar-refractivity contribution in [3.8, 4) is 6.07 Å². The van der Waals surface area contributed by atoms with Gasteiger partial charge >= 0.3 is 0 Å². The average Bonchev–Trinajstić information content (AvgIpc) is 2.15. The van der Waals surface area contributed by atoms with Gasteiger partial charge in [-0.2, -0.15) is 5.26 Å². The molecule has 1 aromatic carbocycles. The summed E-state index contributed by atoms with van der Waals surface area (Å²) >= 11 is 7.35. The molecule has 14 heavy (non-hydrogen) atoms. The molecule has 1 unspecified atom stereocenters. The Morgan fingerprint density at radius 2 is 2.36 bits per heavy atom. The van der Waals surface area contributed by atoms with Gasteiger partial charge in [0.2, 0.25) is 0 Å². The molecular formula is C10H11ClN2S. The zero-order valence-corrected chi connectivity index (χ0v) is 9.40. The highest BCUT2D eigenvalue weighted by Gasteiger charge is 2.17. The van der Waals surface area contributed by atoms with Crippen LogP contribution in [0.25, 0.3) is 0 Å². The smallest absolute Gasteiger partial charge is 0.110 e. The van der Waals surface area contributed by atoms with Crippen LogP contribution in [0.5, 0.6) is 0 Å². The maximum absolute atomic E-state index is 8.71. The molecule has 0 aliphatic rings. The second kappa shape index (κ2) is 4.70. The predicted octanol–water partition coefficient (Wildman–Crippen LogP) is 2.67. The molecule has 0 saturated heterocycles. The summed E-state index contributed by atoms with van der Waals surface area (Å²) in [7, 11) is 0. The molecule has 4 heteroatoms. The molecule has 0 aromatic heterocycles. The van der Waals surface area contributed by atoms with Gasteiger partial charge in [0.25, 0.3) is 0 Å². The van der Waals surface area contributed by atoms with Crippen LogP contribution in [0.15, 0.2) is 29.2 Å². The van der Waals surface area contributed by atoms with E-state index in [1.165, 1.54) is 11.8 Å². The molecule has 74 valence electrons. The lowest BCUT2D eigenvalue weighted by atomic mass is 10.1. The zero-order chi connectivity index (χ0) is 10.6. The monoisotopic (exact) mass is 226 g/mol. The van der Waals surface area contributed by atoms with Gasteiger partial charge in [0.15, 0.2) is 0 Å². The van der Waals surface area contributed by atoms with Crippen LogP contribution in [0, 0.1) is 11.3 Å². The van der Waals surface area contributed by atoms with Gasteiger partial charge in [-0.25, -0.2) is 0 Å². The van der Waals surface area contributed by atoms with Crippen LogP contribution in [0.2, 0.25) is 5.02 Å². The first-order chi connectivity index (χ1) is 6.53. The van der Waals surface area contributed by atoms with Gasteiger partial charge < -0.3 is 5.73 Å². The van der Waals surface area contributed by atoms with E-state index in [-0.39, 0.29) is 0 Å². The van der Waals surface area contributed by atoms with Crippen LogP contribution in [-0.4, -0.2) is 11.3 Å². The number of benzene rings is 1. The Bertz CT molecular complexity index is 357. The first-order valence-electron chi connectivity index (χ1n) is 4.12. The van der Waals surface area contributed by atoms with E-state index in [1.807, 2.05) is 24.3 Å². The first kappa shape index (κ1) is 11.4. The van der Waals surface area contributed by atoms with Gasteiger partial charge in [-0.3, -0.25) is 0 Å². The van der Waals surface area contributed by atoms with E-state index in [9.17, 15) is 0 Å². The largest absolute Gasteiger partial charge is 0.313 e. The summed E-state index contributed by atoms with van der Waals surface area (Å²) in [4.78, 5) is 1.03. The number of halogens is 1. The Morgan fingerprint density at radius 1 is 1.64 bits per heavy atom. The lowest BCUT2D eigenvalue weighted by Gasteiger charge is -2.14. The number of nitriles is 1. The molecule has 0 fully saturated rings. The molecule has 1 rings (SSSR count). The Labute approximate surface area is 93.1 Å². The van der Waals surface area contributed by atoms with E-state index >= 15 is 0 Å². The van der Waals surface area contributed by atoms with Gasteiger partial charge in [0.1, 0.15) is 5.54 Å². The summed E-state index contributed by atoms with van der Waals surface area (Å²) < 4.78 is 0. The number of thioether (sulfide) groups is 1. The fraction of sp³-hybridized carbons (Fsp3) is 0.300. The average molecular weight is 227 g/mol. The van der Waals surface area contributed by atoms with Gasteiger partial charge in [-0.05, 0) is 25.1 Å². The van der Waals surface area contributed by atoms with Gasteiger partial charge in [0, 0.05) is 15.7 Å². The highest BCUT2D eigenvalue weighted by molar-refractivity contribution is 7.99. The third kappa shape index (κ3) is 3.59. The number of hydrogen-bond donors (Lipinski definition) is 1. The molecular weight excluding hydrogens is 216 g/mol. The number of rotatable bonds is 3. The van der Waals surface area contributed by atoms with Crippen LogP contribution >= 0.6 is 23.4 Å². The van der Waals surface area contributed by atoms with E-state index in [0.29, 0.717) is 10.8 Å². The molecule has 0 amide bonds. The second-order valence-electron chi connectivity index (χ2n) is 3.28. The maximum Gasteiger partial charge on any atom is 0.110 e. The summed E-state index contributed by atoms with van der Waals surface area (Å²) in [5.74, 6) is 0.559. The summed E-state index contributed by atoms with van der Waals surface area (Å²) in [5, 5.41) is 9.41. The Kier molecular flexibility index (Phi) is 3.82. The van der Waals surface area contributed by atoms with Crippen LogP contribution in [-0.2, 0) is 0 Å². The molecule has 0 bridgehead atoms. The van der Waals surface area contributed by atoms with Gasteiger partial charge in [-0.15, -0.1) is 11.8 Å².